The molecule has 0 aromatic heterocycles. The summed E-state index contributed by atoms with van der Waals surface area (Å²) in [6, 6.07) is 0. The molecule has 0 spiro atoms. The molecule has 0 saturated carbocycles. The molecular formula is C8H16O. The second-order valence-electron chi connectivity index (χ2n) is 2.40. The molecule has 0 aromatic rings. The Morgan fingerprint density at radius 2 is 2.11 bits per heavy atom. The van der Waals surface area contributed by atoms with Crippen LogP contribution in [0.25, 0.3) is 0 Å². The molecule has 54 valence electrons. The molecule has 0 fully saturated rings. The van der Waals surface area contributed by atoms with Crippen LogP contribution < -0.4 is 0 Å². The lowest BCUT2D eigenvalue weighted by Gasteiger charge is -2.01. The maximum absolute atomic E-state index is 8.37. The maximum Gasteiger partial charge on any atom is 0.0612 e. The Labute approximate surface area is 57.4 Å². The molecule has 0 aliphatic carbocycles. The Hall–Kier alpha value is -0.300. The molecule has 0 bridgehead atoms. The molecule has 0 aliphatic rings. The Balaban J connectivity index is 3.15. The lowest BCUT2D eigenvalue weighted by Crippen LogP contribution is -1.87. The minimum absolute atomic E-state index is 0.177. The number of aliphatic hydroxyl groups is 1. The van der Waals surface area contributed by atoms with Crippen LogP contribution in [0.1, 0.15) is 26.7 Å². The van der Waals surface area contributed by atoms with E-state index in [2.05, 4.69) is 13.8 Å². The largest absolute Gasteiger partial charge is 0.392 e. The Morgan fingerprint density at radius 1 is 1.44 bits per heavy atom. The van der Waals surface area contributed by atoms with E-state index in [9.17, 15) is 0 Å². The SMILES string of the molecule is CCC(C)C/C=C\CO. The number of allylic oxidation sites excluding steroid dienone is 1. The molecule has 1 heteroatoms. The van der Waals surface area contributed by atoms with Crippen LogP contribution in [0.3, 0.4) is 0 Å². The fraction of sp³-hybridized carbons (Fsp3) is 0.750. The molecule has 0 amide bonds. The van der Waals surface area contributed by atoms with Crippen molar-refractivity contribution in [2.75, 3.05) is 6.61 Å². The van der Waals surface area contributed by atoms with E-state index < -0.39 is 0 Å². The normalized spacial score (nSPS) is 14.6. The second-order valence-corrected chi connectivity index (χ2v) is 2.40. The number of aliphatic hydroxyl groups excluding tert-OH is 1. The first-order chi connectivity index (χ1) is 4.31. The van der Waals surface area contributed by atoms with Gasteiger partial charge in [0.2, 0.25) is 0 Å². The molecule has 0 saturated heterocycles. The van der Waals surface area contributed by atoms with Crippen LogP contribution in [-0.2, 0) is 0 Å². The Kier molecular flexibility index (Phi) is 5.64. The van der Waals surface area contributed by atoms with Gasteiger partial charge in [0, 0.05) is 0 Å². The Morgan fingerprint density at radius 3 is 2.56 bits per heavy atom. The first-order valence-corrected chi connectivity index (χ1v) is 3.57. The summed E-state index contributed by atoms with van der Waals surface area (Å²) in [5.74, 6) is 0.757. The van der Waals surface area contributed by atoms with Crippen LogP contribution in [-0.4, -0.2) is 11.7 Å². The minimum atomic E-state index is 0.177. The Bertz CT molecular complexity index is 76.6. The first-order valence-electron chi connectivity index (χ1n) is 3.57. The quantitative estimate of drug-likeness (QED) is 0.574. The van der Waals surface area contributed by atoms with Crippen molar-refractivity contribution >= 4 is 0 Å². The maximum atomic E-state index is 8.37. The van der Waals surface area contributed by atoms with Gasteiger partial charge in [-0.1, -0.05) is 32.4 Å². The van der Waals surface area contributed by atoms with Crippen molar-refractivity contribution in [1.29, 1.82) is 0 Å². The van der Waals surface area contributed by atoms with Crippen molar-refractivity contribution in [3.05, 3.63) is 12.2 Å². The van der Waals surface area contributed by atoms with Crippen molar-refractivity contribution in [3.8, 4) is 0 Å². The summed E-state index contributed by atoms with van der Waals surface area (Å²) < 4.78 is 0. The van der Waals surface area contributed by atoms with E-state index in [0.717, 1.165) is 12.3 Å². The zero-order chi connectivity index (χ0) is 7.11. The summed E-state index contributed by atoms with van der Waals surface area (Å²) in [5, 5.41) is 8.37. The summed E-state index contributed by atoms with van der Waals surface area (Å²) in [6.07, 6.45) is 6.15. The van der Waals surface area contributed by atoms with Crippen LogP contribution in [0.15, 0.2) is 12.2 Å². The van der Waals surface area contributed by atoms with Crippen molar-refractivity contribution in [2.24, 2.45) is 5.92 Å². The highest BCUT2D eigenvalue weighted by molar-refractivity contribution is 4.81. The molecule has 0 heterocycles. The lowest BCUT2D eigenvalue weighted by atomic mass is 10.1. The number of rotatable bonds is 4. The second kappa shape index (κ2) is 5.83. The van der Waals surface area contributed by atoms with Gasteiger partial charge in [-0.2, -0.15) is 0 Å². The summed E-state index contributed by atoms with van der Waals surface area (Å²) in [4.78, 5) is 0. The first kappa shape index (κ1) is 8.70. The zero-order valence-electron chi connectivity index (χ0n) is 6.30. The van der Waals surface area contributed by atoms with Crippen molar-refractivity contribution < 1.29 is 5.11 Å². The van der Waals surface area contributed by atoms with Crippen LogP contribution >= 0.6 is 0 Å². The van der Waals surface area contributed by atoms with Crippen molar-refractivity contribution in [2.45, 2.75) is 26.7 Å². The zero-order valence-corrected chi connectivity index (χ0v) is 6.30. The van der Waals surface area contributed by atoms with Gasteiger partial charge >= 0.3 is 0 Å². The van der Waals surface area contributed by atoms with Gasteiger partial charge in [-0.15, -0.1) is 0 Å². The highest BCUT2D eigenvalue weighted by Gasteiger charge is 1.91. The molecule has 0 aliphatic heterocycles. The molecule has 1 N–H and O–H groups in total. The number of hydrogen-bond donors (Lipinski definition) is 1. The smallest absolute Gasteiger partial charge is 0.0612 e. The standard InChI is InChI=1S/C8H16O/c1-3-8(2)6-4-5-7-9/h4-5,8-9H,3,6-7H2,1-2H3/b5-4-. The average Bonchev–Trinajstić information content (AvgIpc) is 1.89. The van der Waals surface area contributed by atoms with Gasteiger partial charge in [-0.3, -0.25) is 0 Å². The molecular weight excluding hydrogens is 112 g/mol. The van der Waals surface area contributed by atoms with E-state index >= 15 is 0 Å². The van der Waals surface area contributed by atoms with Crippen LogP contribution in [0.5, 0.6) is 0 Å². The van der Waals surface area contributed by atoms with Gasteiger partial charge in [0.15, 0.2) is 0 Å². The van der Waals surface area contributed by atoms with Crippen molar-refractivity contribution in [1.82, 2.24) is 0 Å². The van der Waals surface area contributed by atoms with E-state index in [0.29, 0.717) is 0 Å². The summed E-state index contributed by atoms with van der Waals surface area (Å²) >= 11 is 0. The predicted molar refractivity (Wildman–Crippen MR) is 40.3 cm³/mol. The third-order valence-electron chi connectivity index (χ3n) is 1.51. The van der Waals surface area contributed by atoms with Gasteiger partial charge in [-0.25, -0.2) is 0 Å². The van der Waals surface area contributed by atoms with Gasteiger partial charge in [0.25, 0.3) is 0 Å². The minimum Gasteiger partial charge on any atom is -0.392 e. The molecule has 0 radical (unpaired) electrons. The molecule has 0 aromatic carbocycles. The molecule has 1 nitrogen and oxygen atoms in total. The van der Waals surface area contributed by atoms with Gasteiger partial charge in [-0.05, 0) is 12.3 Å². The highest BCUT2D eigenvalue weighted by Crippen LogP contribution is 2.05. The average molecular weight is 128 g/mol. The topological polar surface area (TPSA) is 20.2 Å². The van der Waals surface area contributed by atoms with E-state index in [1.165, 1.54) is 6.42 Å². The van der Waals surface area contributed by atoms with Crippen molar-refractivity contribution in [3.63, 3.8) is 0 Å². The molecule has 0 rings (SSSR count). The highest BCUT2D eigenvalue weighted by atomic mass is 16.2. The summed E-state index contributed by atoms with van der Waals surface area (Å²) in [5.41, 5.74) is 0. The molecule has 1 atom stereocenters. The van der Waals surface area contributed by atoms with E-state index in [-0.39, 0.29) is 6.61 Å². The fourth-order valence-electron chi connectivity index (χ4n) is 0.570. The van der Waals surface area contributed by atoms with E-state index in [4.69, 9.17) is 5.11 Å². The van der Waals surface area contributed by atoms with Gasteiger partial charge < -0.3 is 5.11 Å². The third kappa shape index (κ3) is 5.57. The number of hydrogen-bond acceptors (Lipinski definition) is 1. The summed E-state index contributed by atoms with van der Waals surface area (Å²) in [7, 11) is 0. The lowest BCUT2D eigenvalue weighted by molar-refractivity contribution is 0.342. The van der Waals surface area contributed by atoms with Crippen LogP contribution in [0.2, 0.25) is 0 Å². The van der Waals surface area contributed by atoms with Gasteiger partial charge in [0.1, 0.15) is 0 Å². The fourth-order valence-corrected chi connectivity index (χ4v) is 0.570. The monoisotopic (exact) mass is 128 g/mol. The summed E-state index contributed by atoms with van der Waals surface area (Å²) in [6.45, 7) is 4.57. The van der Waals surface area contributed by atoms with E-state index in [1.54, 1.807) is 6.08 Å². The molecule has 1 unspecified atom stereocenters. The van der Waals surface area contributed by atoms with Crippen LogP contribution in [0.4, 0.5) is 0 Å². The van der Waals surface area contributed by atoms with Gasteiger partial charge in [0.05, 0.1) is 6.61 Å². The molecule has 9 heavy (non-hydrogen) atoms. The predicted octanol–water partition coefficient (Wildman–Crippen LogP) is 1.97. The van der Waals surface area contributed by atoms with E-state index in [1.807, 2.05) is 6.08 Å². The van der Waals surface area contributed by atoms with Crippen LogP contribution in [0, 0.1) is 5.92 Å². The third-order valence-corrected chi connectivity index (χ3v) is 1.51.